The van der Waals surface area contributed by atoms with Crippen LogP contribution in [0.25, 0.3) is 0 Å². The van der Waals surface area contributed by atoms with Gasteiger partial charge in [0.15, 0.2) is 0 Å². The molecule has 0 saturated carbocycles. The molecule has 0 atom stereocenters. The molecule has 4 heteroatoms. The maximum atomic E-state index is 12.0. The van der Waals surface area contributed by atoms with Gasteiger partial charge in [-0.05, 0) is 46.1 Å². The maximum absolute atomic E-state index is 12.0. The second-order valence-corrected chi connectivity index (χ2v) is 4.69. The first-order valence-corrected chi connectivity index (χ1v) is 6.43. The predicted octanol–water partition coefficient (Wildman–Crippen LogP) is 2.08. The Balaban J connectivity index is 2.75. The van der Waals surface area contributed by atoms with E-state index < -0.39 is 0 Å². The highest BCUT2D eigenvalue weighted by Gasteiger charge is 2.14. The van der Waals surface area contributed by atoms with Crippen LogP contribution in [0.5, 0.6) is 0 Å². The molecule has 1 aromatic heterocycles. The van der Waals surface area contributed by atoms with Gasteiger partial charge in [0.1, 0.15) is 5.82 Å². The van der Waals surface area contributed by atoms with Gasteiger partial charge in [0, 0.05) is 18.7 Å². The molecule has 1 aromatic rings. The number of nitrogens with zero attached hydrogens (tertiary/aromatic N) is 3. The van der Waals surface area contributed by atoms with Crippen LogP contribution in [0, 0.1) is 6.92 Å². The van der Waals surface area contributed by atoms with Crippen molar-refractivity contribution in [3.63, 3.8) is 0 Å². The summed E-state index contributed by atoms with van der Waals surface area (Å²) in [5.41, 5.74) is 0.939. The van der Waals surface area contributed by atoms with Crippen molar-refractivity contribution in [1.82, 2.24) is 9.88 Å². The van der Waals surface area contributed by atoms with Crippen molar-refractivity contribution in [2.75, 3.05) is 32.1 Å². The molecule has 4 nitrogen and oxygen atoms in total. The van der Waals surface area contributed by atoms with E-state index >= 15 is 0 Å². The Morgan fingerprint density at radius 3 is 2.56 bits per heavy atom. The highest BCUT2D eigenvalue weighted by atomic mass is 16.2. The van der Waals surface area contributed by atoms with Crippen LogP contribution in [0.1, 0.15) is 25.5 Å². The summed E-state index contributed by atoms with van der Waals surface area (Å²) in [4.78, 5) is 20.3. The van der Waals surface area contributed by atoms with Gasteiger partial charge in [-0.2, -0.15) is 0 Å². The van der Waals surface area contributed by atoms with Crippen molar-refractivity contribution in [2.45, 2.75) is 26.7 Å². The quantitative estimate of drug-likeness (QED) is 0.774. The smallest absolute Gasteiger partial charge is 0.227 e. The Bertz CT molecular complexity index is 390. The highest BCUT2D eigenvalue weighted by molar-refractivity contribution is 5.92. The number of anilines is 1. The van der Waals surface area contributed by atoms with Gasteiger partial charge < -0.3 is 4.90 Å². The van der Waals surface area contributed by atoms with Crippen LogP contribution >= 0.6 is 0 Å². The molecule has 0 aliphatic heterocycles. The van der Waals surface area contributed by atoms with E-state index in [1.54, 1.807) is 4.90 Å². The summed E-state index contributed by atoms with van der Waals surface area (Å²) in [6.45, 7) is 5.52. The van der Waals surface area contributed by atoms with Crippen molar-refractivity contribution >= 4 is 11.7 Å². The van der Waals surface area contributed by atoms with E-state index in [2.05, 4.69) is 9.88 Å². The fourth-order valence-corrected chi connectivity index (χ4v) is 1.78. The van der Waals surface area contributed by atoms with Gasteiger partial charge in [0.05, 0.1) is 0 Å². The fraction of sp³-hybridized carbons (Fsp3) is 0.571. The number of rotatable bonds is 6. The molecule has 0 spiro atoms. The average Bonchev–Trinajstić information content (AvgIpc) is 2.33. The molecule has 0 aliphatic carbocycles. The molecule has 0 radical (unpaired) electrons. The topological polar surface area (TPSA) is 36.4 Å². The summed E-state index contributed by atoms with van der Waals surface area (Å²) in [5, 5.41) is 0. The number of carbonyl (C=O) groups is 1. The summed E-state index contributed by atoms with van der Waals surface area (Å²) in [6, 6.07) is 5.79. The van der Waals surface area contributed by atoms with Gasteiger partial charge in [0.2, 0.25) is 5.91 Å². The first-order valence-electron chi connectivity index (χ1n) is 6.43. The normalized spacial score (nSPS) is 10.7. The first-order chi connectivity index (χ1) is 8.54. The molecule has 0 aromatic carbocycles. The van der Waals surface area contributed by atoms with Crippen molar-refractivity contribution in [2.24, 2.45) is 0 Å². The molecule has 0 N–H and O–H groups in total. The second-order valence-electron chi connectivity index (χ2n) is 4.69. The second kappa shape index (κ2) is 7.11. The molecule has 100 valence electrons. The number of amides is 1. The summed E-state index contributed by atoms with van der Waals surface area (Å²) in [6.07, 6.45) is 1.46. The van der Waals surface area contributed by atoms with Crippen LogP contribution in [-0.2, 0) is 4.79 Å². The van der Waals surface area contributed by atoms with Gasteiger partial charge in [-0.3, -0.25) is 9.69 Å². The zero-order valence-corrected chi connectivity index (χ0v) is 11.8. The highest BCUT2D eigenvalue weighted by Crippen LogP contribution is 2.13. The van der Waals surface area contributed by atoms with E-state index in [-0.39, 0.29) is 5.91 Å². The molecule has 0 bridgehead atoms. The molecule has 1 amide bonds. The number of carbonyl (C=O) groups excluding carboxylic acids is 1. The Morgan fingerprint density at radius 2 is 2.00 bits per heavy atom. The zero-order valence-electron chi connectivity index (χ0n) is 11.8. The van der Waals surface area contributed by atoms with Crippen molar-refractivity contribution in [3.8, 4) is 0 Å². The lowest BCUT2D eigenvalue weighted by Crippen LogP contribution is -2.33. The lowest BCUT2D eigenvalue weighted by atomic mass is 10.3. The largest absolute Gasteiger partial charge is 0.309 e. The SMILES string of the molecule is CCC(=O)N(CCCN(C)C)c1cccc(C)n1. The summed E-state index contributed by atoms with van der Waals surface area (Å²) in [7, 11) is 4.08. The zero-order chi connectivity index (χ0) is 13.5. The van der Waals surface area contributed by atoms with Crippen LogP contribution in [-0.4, -0.2) is 43.0 Å². The summed E-state index contributed by atoms with van der Waals surface area (Å²) < 4.78 is 0. The number of aryl methyl sites for hydroxylation is 1. The standard InChI is InChI=1S/C14H23N3O/c1-5-14(18)17(11-7-10-16(3)4)13-9-6-8-12(2)15-13/h6,8-9H,5,7,10-11H2,1-4H3. The van der Waals surface area contributed by atoms with Gasteiger partial charge in [-0.15, -0.1) is 0 Å². The van der Waals surface area contributed by atoms with Crippen molar-refractivity contribution < 1.29 is 4.79 Å². The Hall–Kier alpha value is -1.42. The van der Waals surface area contributed by atoms with Crippen LogP contribution in [0.4, 0.5) is 5.82 Å². The minimum atomic E-state index is 0.131. The van der Waals surface area contributed by atoms with Crippen molar-refractivity contribution in [1.29, 1.82) is 0 Å². The lowest BCUT2D eigenvalue weighted by molar-refractivity contribution is -0.118. The molecular weight excluding hydrogens is 226 g/mol. The van der Waals surface area contributed by atoms with Crippen LogP contribution in [0.3, 0.4) is 0 Å². The third-order valence-corrected chi connectivity index (χ3v) is 2.74. The van der Waals surface area contributed by atoms with Gasteiger partial charge in [-0.25, -0.2) is 4.98 Å². The monoisotopic (exact) mass is 249 g/mol. The van der Waals surface area contributed by atoms with Gasteiger partial charge in [-0.1, -0.05) is 13.0 Å². The van der Waals surface area contributed by atoms with Crippen LogP contribution in [0.2, 0.25) is 0 Å². The number of pyridine rings is 1. The first kappa shape index (κ1) is 14.6. The van der Waals surface area contributed by atoms with E-state index in [4.69, 9.17) is 0 Å². The van der Waals surface area contributed by atoms with E-state index in [9.17, 15) is 4.79 Å². The molecule has 0 aliphatic rings. The minimum absolute atomic E-state index is 0.131. The summed E-state index contributed by atoms with van der Waals surface area (Å²) >= 11 is 0. The number of hydrogen-bond acceptors (Lipinski definition) is 3. The fourth-order valence-electron chi connectivity index (χ4n) is 1.78. The predicted molar refractivity (Wildman–Crippen MR) is 74.8 cm³/mol. The van der Waals surface area contributed by atoms with E-state index in [0.29, 0.717) is 6.42 Å². The Morgan fingerprint density at radius 1 is 1.28 bits per heavy atom. The Kier molecular flexibility index (Phi) is 5.78. The average molecular weight is 249 g/mol. The molecular formula is C14H23N3O. The van der Waals surface area contributed by atoms with Gasteiger partial charge in [0.25, 0.3) is 0 Å². The third kappa shape index (κ3) is 4.45. The summed E-state index contributed by atoms with van der Waals surface area (Å²) in [5.74, 6) is 0.896. The number of hydrogen-bond donors (Lipinski definition) is 0. The van der Waals surface area contributed by atoms with Crippen LogP contribution in [0.15, 0.2) is 18.2 Å². The molecule has 1 rings (SSSR count). The molecule has 0 fully saturated rings. The van der Waals surface area contributed by atoms with E-state index in [0.717, 1.165) is 31.0 Å². The van der Waals surface area contributed by atoms with Crippen LogP contribution < -0.4 is 4.90 Å². The van der Waals surface area contributed by atoms with Gasteiger partial charge >= 0.3 is 0 Å². The molecule has 18 heavy (non-hydrogen) atoms. The molecule has 0 unspecified atom stereocenters. The van der Waals surface area contributed by atoms with E-state index in [1.165, 1.54) is 0 Å². The molecule has 1 heterocycles. The Labute approximate surface area is 110 Å². The molecule has 0 saturated heterocycles. The third-order valence-electron chi connectivity index (χ3n) is 2.74. The van der Waals surface area contributed by atoms with Crippen molar-refractivity contribution in [3.05, 3.63) is 23.9 Å². The van der Waals surface area contributed by atoms with E-state index in [1.807, 2.05) is 46.1 Å². The lowest BCUT2D eigenvalue weighted by Gasteiger charge is -2.22. The maximum Gasteiger partial charge on any atom is 0.227 e. The minimum Gasteiger partial charge on any atom is -0.309 e. The number of aromatic nitrogens is 1.